The number of nitrogens with one attached hydrogen (secondary N) is 2. The number of fused-ring (bicyclic) bond motifs is 1. The van der Waals surface area contributed by atoms with Crippen LogP contribution in [0.5, 0.6) is 0 Å². The fourth-order valence-corrected chi connectivity index (χ4v) is 2.79. The molecule has 0 unspecified atom stereocenters. The standard InChI is InChI=1S/C19H13F2N3O2/c20-12-5-6-17-14(7-12)11(10-26-17)8-22-19(25)15-9-23-24-18(15)13-3-1-2-4-16(13)21/h1-7,9-10H,8H2,(H,22,25)(H,23,24). The monoisotopic (exact) mass is 353 g/mol. The molecule has 0 aliphatic heterocycles. The molecule has 5 nitrogen and oxygen atoms in total. The van der Waals surface area contributed by atoms with Gasteiger partial charge in [0.2, 0.25) is 0 Å². The van der Waals surface area contributed by atoms with E-state index >= 15 is 0 Å². The average molecular weight is 353 g/mol. The Morgan fingerprint density at radius 3 is 2.88 bits per heavy atom. The quantitative estimate of drug-likeness (QED) is 0.582. The van der Waals surface area contributed by atoms with Gasteiger partial charge >= 0.3 is 0 Å². The van der Waals surface area contributed by atoms with Crippen molar-refractivity contribution >= 4 is 16.9 Å². The van der Waals surface area contributed by atoms with E-state index in [0.29, 0.717) is 22.2 Å². The van der Waals surface area contributed by atoms with Gasteiger partial charge in [0, 0.05) is 23.1 Å². The van der Waals surface area contributed by atoms with Gasteiger partial charge in [-0.25, -0.2) is 8.78 Å². The van der Waals surface area contributed by atoms with Crippen molar-refractivity contribution in [2.24, 2.45) is 0 Å². The molecule has 2 aromatic heterocycles. The van der Waals surface area contributed by atoms with Crippen molar-refractivity contribution in [1.29, 1.82) is 0 Å². The molecule has 0 aliphatic carbocycles. The summed E-state index contributed by atoms with van der Waals surface area (Å²) >= 11 is 0. The van der Waals surface area contributed by atoms with Crippen LogP contribution in [0.15, 0.2) is 59.3 Å². The number of nitrogens with zero attached hydrogens (tertiary/aromatic N) is 1. The van der Waals surface area contributed by atoms with Crippen LogP contribution in [0.1, 0.15) is 15.9 Å². The summed E-state index contributed by atoms with van der Waals surface area (Å²) in [6.45, 7) is 0.136. The Hall–Kier alpha value is -3.48. The summed E-state index contributed by atoms with van der Waals surface area (Å²) in [6, 6.07) is 10.3. The minimum atomic E-state index is -0.456. The molecule has 7 heteroatoms. The maximum absolute atomic E-state index is 14.0. The van der Waals surface area contributed by atoms with Gasteiger partial charge in [-0.2, -0.15) is 5.10 Å². The lowest BCUT2D eigenvalue weighted by Gasteiger charge is -2.06. The lowest BCUT2D eigenvalue weighted by Crippen LogP contribution is -2.22. The Morgan fingerprint density at radius 2 is 2.04 bits per heavy atom. The molecule has 2 heterocycles. The summed E-state index contributed by atoms with van der Waals surface area (Å²) in [5.74, 6) is -1.27. The summed E-state index contributed by atoms with van der Waals surface area (Å²) in [5, 5.41) is 9.82. The minimum absolute atomic E-state index is 0.136. The topological polar surface area (TPSA) is 70.9 Å². The summed E-state index contributed by atoms with van der Waals surface area (Å²) in [6.07, 6.45) is 2.81. The van der Waals surface area contributed by atoms with Crippen LogP contribution < -0.4 is 5.32 Å². The fraction of sp³-hybridized carbons (Fsp3) is 0.0526. The minimum Gasteiger partial charge on any atom is -0.464 e. The highest BCUT2D eigenvalue weighted by Gasteiger charge is 2.18. The number of carbonyl (C=O) groups is 1. The zero-order chi connectivity index (χ0) is 18.1. The zero-order valence-electron chi connectivity index (χ0n) is 13.4. The first kappa shape index (κ1) is 16.0. The lowest BCUT2D eigenvalue weighted by atomic mass is 10.1. The van der Waals surface area contributed by atoms with Gasteiger partial charge in [0.1, 0.15) is 17.2 Å². The van der Waals surface area contributed by atoms with Crippen molar-refractivity contribution in [2.75, 3.05) is 0 Å². The SMILES string of the molecule is O=C(NCc1coc2ccc(F)cc12)c1cn[nH]c1-c1ccccc1F. The van der Waals surface area contributed by atoms with Gasteiger partial charge in [-0.1, -0.05) is 12.1 Å². The first-order valence-electron chi connectivity index (χ1n) is 7.85. The molecule has 2 aromatic carbocycles. The van der Waals surface area contributed by atoms with E-state index in [9.17, 15) is 13.6 Å². The first-order chi connectivity index (χ1) is 12.6. The molecule has 0 bridgehead atoms. The molecular weight excluding hydrogens is 340 g/mol. The number of aromatic nitrogens is 2. The van der Waals surface area contributed by atoms with Crippen LogP contribution in [-0.4, -0.2) is 16.1 Å². The van der Waals surface area contributed by atoms with E-state index in [0.717, 1.165) is 0 Å². The molecule has 4 rings (SSSR count). The van der Waals surface area contributed by atoms with E-state index in [1.807, 2.05) is 0 Å². The third-order valence-electron chi connectivity index (χ3n) is 4.08. The van der Waals surface area contributed by atoms with Crippen molar-refractivity contribution in [3.05, 3.63) is 77.7 Å². The molecule has 2 N–H and O–H groups in total. The maximum atomic E-state index is 14.0. The summed E-state index contributed by atoms with van der Waals surface area (Å²) in [7, 11) is 0. The van der Waals surface area contributed by atoms with Crippen molar-refractivity contribution in [3.63, 3.8) is 0 Å². The number of benzene rings is 2. The predicted molar refractivity (Wildman–Crippen MR) is 91.3 cm³/mol. The number of amides is 1. The van der Waals surface area contributed by atoms with Crippen LogP contribution in [0.4, 0.5) is 8.78 Å². The third-order valence-corrected chi connectivity index (χ3v) is 4.08. The van der Waals surface area contributed by atoms with Crippen LogP contribution in [0.25, 0.3) is 22.2 Å². The smallest absolute Gasteiger partial charge is 0.255 e. The Kier molecular flexibility index (Phi) is 3.96. The number of hydrogen-bond acceptors (Lipinski definition) is 3. The number of rotatable bonds is 4. The summed E-state index contributed by atoms with van der Waals surface area (Å²) < 4.78 is 32.8. The van der Waals surface area contributed by atoms with E-state index in [1.165, 1.54) is 36.7 Å². The highest BCUT2D eigenvalue weighted by molar-refractivity contribution is 5.99. The molecule has 0 aliphatic rings. The number of hydrogen-bond donors (Lipinski definition) is 2. The molecule has 0 radical (unpaired) electrons. The van der Waals surface area contributed by atoms with E-state index in [1.54, 1.807) is 18.2 Å². The van der Waals surface area contributed by atoms with Gasteiger partial charge in [0.15, 0.2) is 0 Å². The Bertz CT molecular complexity index is 1100. The lowest BCUT2D eigenvalue weighted by molar-refractivity contribution is 0.0951. The largest absolute Gasteiger partial charge is 0.464 e. The van der Waals surface area contributed by atoms with Crippen LogP contribution in [-0.2, 0) is 6.54 Å². The van der Waals surface area contributed by atoms with Gasteiger partial charge in [-0.3, -0.25) is 9.89 Å². The number of halogens is 2. The van der Waals surface area contributed by atoms with E-state index in [2.05, 4.69) is 15.5 Å². The fourth-order valence-electron chi connectivity index (χ4n) is 2.79. The number of H-pyrrole nitrogens is 1. The summed E-state index contributed by atoms with van der Waals surface area (Å²) in [5.41, 5.74) is 1.94. The molecule has 130 valence electrons. The number of carbonyl (C=O) groups excluding carboxylic acids is 1. The predicted octanol–water partition coefficient (Wildman–Crippen LogP) is 4.03. The van der Waals surface area contributed by atoms with Crippen LogP contribution >= 0.6 is 0 Å². The molecular formula is C19H13F2N3O2. The second-order valence-electron chi connectivity index (χ2n) is 5.72. The normalized spacial score (nSPS) is 11.0. The molecule has 0 saturated carbocycles. The van der Waals surface area contributed by atoms with E-state index < -0.39 is 11.7 Å². The average Bonchev–Trinajstić information content (AvgIpc) is 3.27. The zero-order valence-corrected chi connectivity index (χ0v) is 13.4. The Balaban J connectivity index is 1.57. The molecule has 0 spiro atoms. The van der Waals surface area contributed by atoms with Crippen LogP contribution in [0.2, 0.25) is 0 Å². The molecule has 4 aromatic rings. The Morgan fingerprint density at radius 1 is 1.19 bits per heavy atom. The van der Waals surface area contributed by atoms with Gasteiger partial charge in [0.25, 0.3) is 5.91 Å². The highest BCUT2D eigenvalue weighted by Crippen LogP contribution is 2.25. The van der Waals surface area contributed by atoms with Crippen molar-refractivity contribution < 1.29 is 18.0 Å². The number of furan rings is 1. The highest BCUT2D eigenvalue weighted by atomic mass is 19.1. The second-order valence-corrected chi connectivity index (χ2v) is 5.72. The third kappa shape index (κ3) is 2.83. The number of aromatic amines is 1. The van der Waals surface area contributed by atoms with Crippen LogP contribution in [0.3, 0.4) is 0 Å². The molecule has 1 amide bonds. The van der Waals surface area contributed by atoms with E-state index in [-0.39, 0.29) is 23.5 Å². The van der Waals surface area contributed by atoms with E-state index in [4.69, 9.17) is 4.42 Å². The van der Waals surface area contributed by atoms with Gasteiger partial charge in [0.05, 0.1) is 23.7 Å². The first-order valence-corrected chi connectivity index (χ1v) is 7.85. The maximum Gasteiger partial charge on any atom is 0.255 e. The summed E-state index contributed by atoms with van der Waals surface area (Å²) in [4.78, 5) is 12.5. The molecule has 0 atom stereocenters. The molecule has 26 heavy (non-hydrogen) atoms. The second kappa shape index (κ2) is 6.44. The molecule has 0 fully saturated rings. The van der Waals surface area contributed by atoms with Crippen LogP contribution in [0, 0.1) is 11.6 Å². The van der Waals surface area contributed by atoms with Gasteiger partial charge in [-0.15, -0.1) is 0 Å². The Labute approximate surface area is 146 Å². The van der Waals surface area contributed by atoms with Crippen molar-refractivity contribution in [2.45, 2.75) is 6.54 Å². The van der Waals surface area contributed by atoms with Crippen molar-refractivity contribution in [3.8, 4) is 11.3 Å². The molecule has 0 saturated heterocycles. The van der Waals surface area contributed by atoms with Crippen molar-refractivity contribution in [1.82, 2.24) is 15.5 Å². The van der Waals surface area contributed by atoms with Gasteiger partial charge < -0.3 is 9.73 Å². The van der Waals surface area contributed by atoms with Gasteiger partial charge in [-0.05, 0) is 30.3 Å².